The Kier molecular flexibility index (Phi) is 3.48. The van der Waals surface area contributed by atoms with Crippen molar-refractivity contribution in [2.75, 3.05) is 0 Å². The van der Waals surface area contributed by atoms with Crippen molar-refractivity contribution < 1.29 is 9.90 Å². The summed E-state index contributed by atoms with van der Waals surface area (Å²) in [6.45, 7) is 0.508. The van der Waals surface area contributed by atoms with Crippen LogP contribution in [0.2, 0.25) is 10.0 Å². The molecule has 0 fully saturated rings. The lowest BCUT2D eigenvalue weighted by atomic mass is 10.2. The average molecular weight is 310 g/mol. The second-order valence-electron chi connectivity index (χ2n) is 4.99. The molecule has 0 atom stereocenters. The van der Waals surface area contributed by atoms with Crippen molar-refractivity contribution in [2.45, 2.75) is 25.8 Å². The van der Waals surface area contributed by atoms with E-state index in [0.717, 1.165) is 36.1 Å². The number of nitrogens with zero attached hydrogens (tertiary/aromatic N) is 1. The van der Waals surface area contributed by atoms with Crippen LogP contribution in [0, 0.1) is 0 Å². The number of hydrogen-bond acceptors (Lipinski definition) is 1. The Morgan fingerprint density at radius 2 is 2.00 bits per heavy atom. The van der Waals surface area contributed by atoms with Crippen LogP contribution in [0.15, 0.2) is 24.3 Å². The van der Waals surface area contributed by atoms with E-state index in [1.807, 2.05) is 10.6 Å². The Morgan fingerprint density at radius 1 is 1.20 bits per heavy atom. The normalized spacial score (nSPS) is 13.5. The maximum absolute atomic E-state index is 11.4. The van der Waals surface area contributed by atoms with Crippen molar-refractivity contribution >= 4 is 29.2 Å². The quantitative estimate of drug-likeness (QED) is 0.930. The number of halogens is 2. The fraction of sp³-hybridized carbons (Fsp3) is 0.267. The highest BCUT2D eigenvalue weighted by Gasteiger charge is 2.22. The molecule has 20 heavy (non-hydrogen) atoms. The van der Waals surface area contributed by atoms with E-state index in [4.69, 9.17) is 23.2 Å². The van der Waals surface area contributed by atoms with Gasteiger partial charge in [-0.1, -0.05) is 29.3 Å². The number of carboxylic acid groups (broad SMARTS) is 1. The predicted octanol–water partition coefficient (Wildman–Crippen LogP) is 4.03. The molecule has 0 saturated heterocycles. The van der Waals surface area contributed by atoms with Crippen molar-refractivity contribution in [3.63, 3.8) is 0 Å². The van der Waals surface area contributed by atoms with E-state index in [-0.39, 0.29) is 0 Å². The third kappa shape index (κ3) is 2.32. The number of benzene rings is 1. The van der Waals surface area contributed by atoms with E-state index in [0.29, 0.717) is 22.3 Å². The second-order valence-corrected chi connectivity index (χ2v) is 5.81. The highest BCUT2D eigenvalue weighted by molar-refractivity contribution is 6.42. The van der Waals surface area contributed by atoms with Gasteiger partial charge in [-0.25, -0.2) is 4.79 Å². The monoisotopic (exact) mass is 309 g/mol. The first-order chi connectivity index (χ1) is 9.56. The zero-order chi connectivity index (χ0) is 14.3. The fourth-order valence-electron chi connectivity index (χ4n) is 2.78. The molecular weight excluding hydrogens is 297 g/mol. The van der Waals surface area contributed by atoms with Gasteiger partial charge in [-0.15, -0.1) is 0 Å². The van der Waals surface area contributed by atoms with Crippen LogP contribution in [0.3, 0.4) is 0 Å². The van der Waals surface area contributed by atoms with E-state index in [9.17, 15) is 9.90 Å². The number of carboxylic acids is 1. The maximum Gasteiger partial charge on any atom is 0.352 e. The molecule has 1 heterocycles. The zero-order valence-electron chi connectivity index (χ0n) is 10.7. The molecule has 0 radical (unpaired) electrons. The summed E-state index contributed by atoms with van der Waals surface area (Å²) in [5.74, 6) is -0.889. The number of fused-ring (bicyclic) bond motifs is 1. The summed E-state index contributed by atoms with van der Waals surface area (Å²) in [5, 5.41) is 10.3. The lowest BCUT2D eigenvalue weighted by molar-refractivity contribution is 0.0685. The molecular formula is C15H13Cl2NO2. The minimum absolute atomic E-state index is 0.348. The van der Waals surface area contributed by atoms with Crippen LogP contribution in [0.4, 0.5) is 0 Å². The largest absolute Gasteiger partial charge is 0.477 e. The Morgan fingerprint density at radius 3 is 2.70 bits per heavy atom. The van der Waals surface area contributed by atoms with Gasteiger partial charge in [-0.3, -0.25) is 0 Å². The first-order valence-corrected chi connectivity index (χ1v) is 7.20. The zero-order valence-corrected chi connectivity index (χ0v) is 12.2. The van der Waals surface area contributed by atoms with Crippen molar-refractivity contribution in [3.8, 4) is 0 Å². The molecule has 5 heteroatoms. The fourth-order valence-corrected chi connectivity index (χ4v) is 3.10. The third-order valence-corrected chi connectivity index (χ3v) is 4.44. The van der Waals surface area contributed by atoms with Gasteiger partial charge in [-0.05, 0) is 48.6 Å². The SMILES string of the molecule is O=C(O)c1cc2c(n1Cc1ccc(Cl)c(Cl)c1)CCC2. The molecule has 0 aliphatic heterocycles. The molecule has 0 unspecified atom stereocenters. The van der Waals surface area contributed by atoms with Crippen LogP contribution in [-0.4, -0.2) is 15.6 Å². The summed E-state index contributed by atoms with van der Waals surface area (Å²) in [4.78, 5) is 11.4. The number of carbonyl (C=O) groups is 1. The van der Waals surface area contributed by atoms with Gasteiger partial charge in [0.15, 0.2) is 0 Å². The lowest BCUT2D eigenvalue weighted by Gasteiger charge is -2.11. The van der Waals surface area contributed by atoms with Gasteiger partial charge in [0.25, 0.3) is 0 Å². The third-order valence-electron chi connectivity index (χ3n) is 3.70. The van der Waals surface area contributed by atoms with E-state index in [1.165, 1.54) is 0 Å². The number of aryl methyl sites for hydroxylation is 1. The van der Waals surface area contributed by atoms with Gasteiger partial charge >= 0.3 is 5.97 Å². The van der Waals surface area contributed by atoms with Gasteiger partial charge in [0.1, 0.15) is 5.69 Å². The lowest BCUT2D eigenvalue weighted by Crippen LogP contribution is -2.12. The van der Waals surface area contributed by atoms with E-state index >= 15 is 0 Å². The first-order valence-electron chi connectivity index (χ1n) is 6.45. The molecule has 1 aliphatic rings. The van der Waals surface area contributed by atoms with Crippen LogP contribution in [0.5, 0.6) is 0 Å². The van der Waals surface area contributed by atoms with Gasteiger partial charge in [-0.2, -0.15) is 0 Å². The van der Waals surface area contributed by atoms with Crippen LogP contribution >= 0.6 is 23.2 Å². The molecule has 0 bridgehead atoms. The maximum atomic E-state index is 11.4. The topological polar surface area (TPSA) is 42.2 Å². The van der Waals surface area contributed by atoms with Crippen molar-refractivity contribution in [2.24, 2.45) is 0 Å². The summed E-state index contributed by atoms with van der Waals surface area (Å²) in [5.41, 5.74) is 3.59. The molecule has 3 nitrogen and oxygen atoms in total. The van der Waals surface area contributed by atoms with Crippen LogP contribution in [-0.2, 0) is 19.4 Å². The number of aromatic carboxylic acids is 1. The van der Waals surface area contributed by atoms with Gasteiger partial charge in [0.2, 0.25) is 0 Å². The summed E-state index contributed by atoms with van der Waals surface area (Å²) in [6.07, 6.45) is 2.99. The minimum atomic E-state index is -0.889. The van der Waals surface area contributed by atoms with E-state index in [2.05, 4.69) is 0 Å². The second kappa shape index (κ2) is 5.15. The van der Waals surface area contributed by atoms with Gasteiger partial charge in [0, 0.05) is 12.2 Å². The standard InChI is InChI=1S/C15H13Cl2NO2/c16-11-5-4-9(6-12(11)17)8-18-13-3-1-2-10(13)7-14(18)15(19)20/h4-7H,1-3,8H2,(H,19,20). The van der Waals surface area contributed by atoms with Gasteiger partial charge < -0.3 is 9.67 Å². The smallest absolute Gasteiger partial charge is 0.352 e. The molecule has 0 spiro atoms. The van der Waals surface area contributed by atoms with Crippen LogP contribution < -0.4 is 0 Å². The summed E-state index contributed by atoms with van der Waals surface area (Å²) in [7, 11) is 0. The molecule has 1 aliphatic carbocycles. The van der Waals surface area contributed by atoms with E-state index < -0.39 is 5.97 Å². The molecule has 1 aromatic heterocycles. The average Bonchev–Trinajstić information content (AvgIpc) is 2.96. The number of hydrogen-bond donors (Lipinski definition) is 1. The first kappa shape index (κ1) is 13.5. The Bertz CT molecular complexity index is 691. The Balaban J connectivity index is 2.01. The van der Waals surface area contributed by atoms with Gasteiger partial charge in [0.05, 0.1) is 10.0 Å². The summed E-state index contributed by atoms with van der Waals surface area (Å²) in [6, 6.07) is 7.20. The Hall–Kier alpha value is -1.45. The molecule has 3 rings (SSSR count). The molecule has 0 saturated carbocycles. The van der Waals surface area contributed by atoms with Crippen LogP contribution in [0.1, 0.15) is 33.7 Å². The molecule has 2 aromatic rings. The minimum Gasteiger partial charge on any atom is -0.477 e. The van der Waals surface area contributed by atoms with E-state index in [1.54, 1.807) is 18.2 Å². The number of rotatable bonds is 3. The van der Waals surface area contributed by atoms with Crippen molar-refractivity contribution in [1.29, 1.82) is 0 Å². The van der Waals surface area contributed by atoms with Crippen molar-refractivity contribution in [1.82, 2.24) is 4.57 Å². The van der Waals surface area contributed by atoms with Crippen molar-refractivity contribution in [3.05, 3.63) is 56.8 Å². The highest BCUT2D eigenvalue weighted by Crippen LogP contribution is 2.28. The Labute approximate surface area is 126 Å². The highest BCUT2D eigenvalue weighted by atomic mass is 35.5. The molecule has 0 amide bonds. The van der Waals surface area contributed by atoms with Crippen LogP contribution in [0.25, 0.3) is 0 Å². The molecule has 1 N–H and O–H groups in total. The summed E-state index contributed by atoms with van der Waals surface area (Å²) < 4.78 is 1.88. The predicted molar refractivity (Wildman–Crippen MR) is 79.0 cm³/mol. The molecule has 104 valence electrons. The molecule has 1 aromatic carbocycles. The summed E-state index contributed by atoms with van der Waals surface area (Å²) >= 11 is 11.9. The number of aromatic nitrogens is 1.